The lowest BCUT2D eigenvalue weighted by molar-refractivity contribution is 0.215. The van der Waals surface area contributed by atoms with Crippen LogP contribution in [0.2, 0.25) is 0 Å². The van der Waals surface area contributed by atoms with E-state index in [-0.39, 0.29) is 24.0 Å². The first kappa shape index (κ1) is 17.7. The molecule has 0 bridgehead atoms. The minimum absolute atomic E-state index is 0. The maximum absolute atomic E-state index is 4.16. The molecule has 106 valence electrons. The van der Waals surface area contributed by atoms with Crippen LogP contribution >= 0.6 is 24.0 Å². The monoisotopic (exact) mass is 366 g/mol. The summed E-state index contributed by atoms with van der Waals surface area (Å²) in [6.45, 7) is 11.0. The minimum atomic E-state index is 0. The third-order valence-corrected chi connectivity index (χ3v) is 2.98. The molecule has 0 amide bonds. The number of hydrogen-bond acceptors (Lipinski definition) is 2. The third kappa shape index (κ3) is 6.58. The molecule has 1 saturated carbocycles. The standard InChI is InChI=1S/C13H26N4.HI/c1-5-8-15-13(14-4)16-9-10-17(11(2)3)12-6-7-12;/h5,11-12H,1,6-10H2,2-4H3,(H2,14,15,16);1H. The van der Waals surface area contributed by atoms with E-state index in [0.717, 1.165) is 31.6 Å². The van der Waals surface area contributed by atoms with E-state index >= 15 is 0 Å². The zero-order valence-corrected chi connectivity index (χ0v) is 14.1. The first-order chi connectivity index (χ1) is 8.19. The Balaban J connectivity index is 0.00000289. The molecular formula is C13H27IN4. The number of nitrogens with zero attached hydrogens (tertiary/aromatic N) is 2. The Morgan fingerprint density at radius 3 is 2.56 bits per heavy atom. The van der Waals surface area contributed by atoms with Crippen molar-refractivity contribution >= 4 is 29.9 Å². The summed E-state index contributed by atoms with van der Waals surface area (Å²) in [5, 5.41) is 6.49. The van der Waals surface area contributed by atoms with E-state index in [4.69, 9.17) is 0 Å². The summed E-state index contributed by atoms with van der Waals surface area (Å²) in [4.78, 5) is 6.72. The number of aliphatic imine (C=N–C) groups is 1. The Bertz CT molecular complexity index is 260. The zero-order chi connectivity index (χ0) is 12.7. The van der Waals surface area contributed by atoms with Crippen molar-refractivity contribution in [1.82, 2.24) is 15.5 Å². The first-order valence-corrected chi connectivity index (χ1v) is 6.50. The Morgan fingerprint density at radius 1 is 1.44 bits per heavy atom. The molecule has 1 fully saturated rings. The Labute approximate surface area is 128 Å². The van der Waals surface area contributed by atoms with E-state index in [2.05, 4.69) is 41.0 Å². The van der Waals surface area contributed by atoms with Crippen LogP contribution in [0, 0.1) is 0 Å². The van der Waals surface area contributed by atoms with Crippen LogP contribution in [0.15, 0.2) is 17.6 Å². The quantitative estimate of drug-likeness (QED) is 0.313. The molecule has 2 N–H and O–H groups in total. The highest BCUT2D eigenvalue weighted by Gasteiger charge is 2.29. The normalized spacial score (nSPS) is 15.5. The van der Waals surface area contributed by atoms with E-state index in [1.54, 1.807) is 7.05 Å². The molecule has 0 spiro atoms. The number of halogens is 1. The average Bonchev–Trinajstić information content (AvgIpc) is 3.12. The molecule has 1 aliphatic rings. The van der Waals surface area contributed by atoms with Crippen molar-refractivity contribution in [3.63, 3.8) is 0 Å². The van der Waals surface area contributed by atoms with Crippen LogP contribution in [0.1, 0.15) is 26.7 Å². The lowest BCUT2D eigenvalue weighted by Gasteiger charge is -2.26. The Morgan fingerprint density at radius 2 is 2.11 bits per heavy atom. The van der Waals surface area contributed by atoms with Crippen LogP contribution in [-0.4, -0.2) is 49.6 Å². The van der Waals surface area contributed by atoms with E-state index in [1.165, 1.54) is 12.8 Å². The summed E-state index contributed by atoms with van der Waals surface area (Å²) in [5.74, 6) is 0.851. The summed E-state index contributed by atoms with van der Waals surface area (Å²) in [6, 6.07) is 1.45. The number of nitrogens with one attached hydrogen (secondary N) is 2. The molecule has 1 aliphatic carbocycles. The number of rotatable bonds is 7. The molecule has 0 aromatic carbocycles. The van der Waals surface area contributed by atoms with Crippen LogP contribution in [0.3, 0.4) is 0 Å². The molecule has 0 radical (unpaired) electrons. The van der Waals surface area contributed by atoms with Gasteiger partial charge in [0, 0.05) is 38.8 Å². The van der Waals surface area contributed by atoms with Gasteiger partial charge >= 0.3 is 0 Å². The van der Waals surface area contributed by atoms with Crippen molar-refractivity contribution in [2.45, 2.75) is 38.8 Å². The van der Waals surface area contributed by atoms with E-state index in [1.807, 2.05) is 6.08 Å². The number of guanidine groups is 1. The fourth-order valence-electron chi connectivity index (χ4n) is 1.96. The van der Waals surface area contributed by atoms with Gasteiger partial charge in [-0.2, -0.15) is 0 Å². The smallest absolute Gasteiger partial charge is 0.191 e. The minimum Gasteiger partial charge on any atom is -0.355 e. The molecule has 4 nitrogen and oxygen atoms in total. The fourth-order valence-corrected chi connectivity index (χ4v) is 1.96. The highest BCUT2D eigenvalue weighted by Crippen LogP contribution is 2.27. The molecule has 1 rings (SSSR count). The second-order valence-corrected chi connectivity index (χ2v) is 4.73. The summed E-state index contributed by atoms with van der Waals surface area (Å²) < 4.78 is 0. The van der Waals surface area contributed by atoms with Gasteiger partial charge in [0.1, 0.15) is 0 Å². The lowest BCUT2D eigenvalue weighted by atomic mass is 10.3. The summed E-state index contributed by atoms with van der Waals surface area (Å²) in [5.41, 5.74) is 0. The van der Waals surface area contributed by atoms with Crippen molar-refractivity contribution in [3.8, 4) is 0 Å². The van der Waals surface area contributed by atoms with E-state index < -0.39 is 0 Å². The fraction of sp³-hybridized carbons (Fsp3) is 0.769. The molecule has 0 aromatic heterocycles. The maximum atomic E-state index is 4.16. The lowest BCUT2D eigenvalue weighted by Crippen LogP contribution is -2.43. The van der Waals surface area contributed by atoms with Crippen molar-refractivity contribution in [2.24, 2.45) is 4.99 Å². The van der Waals surface area contributed by atoms with Gasteiger partial charge in [-0.05, 0) is 26.7 Å². The van der Waals surface area contributed by atoms with Gasteiger partial charge in [-0.15, -0.1) is 30.6 Å². The van der Waals surface area contributed by atoms with Crippen molar-refractivity contribution in [2.75, 3.05) is 26.7 Å². The van der Waals surface area contributed by atoms with Crippen LogP contribution in [0.25, 0.3) is 0 Å². The third-order valence-electron chi connectivity index (χ3n) is 2.98. The van der Waals surface area contributed by atoms with Gasteiger partial charge < -0.3 is 10.6 Å². The van der Waals surface area contributed by atoms with Gasteiger partial charge in [-0.25, -0.2) is 0 Å². The molecule has 0 aromatic rings. The molecule has 0 aliphatic heterocycles. The summed E-state index contributed by atoms with van der Waals surface area (Å²) in [6.07, 6.45) is 4.56. The van der Waals surface area contributed by atoms with Gasteiger partial charge in [-0.3, -0.25) is 9.89 Å². The molecule has 0 heterocycles. The largest absolute Gasteiger partial charge is 0.355 e. The van der Waals surface area contributed by atoms with Gasteiger partial charge in [0.05, 0.1) is 0 Å². The molecule has 5 heteroatoms. The molecule has 0 atom stereocenters. The second kappa shape index (κ2) is 9.61. The van der Waals surface area contributed by atoms with Crippen molar-refractivity contribution < 1.29 is 0 Å². The topological polar surface area (TPSA) is 39.7 Å². The van der Waals surface area contributed by atoms with E-state index in [0.29, 0.717) is 6.04 Å². The van der Waals surface area contributed by atoms with Gasteiger partial charge in [0.15, 0.2) is 5.96 Å². The molecule has 18 heavy (non-hydrogen) atoms. The maximum Gasteiger partial charge on any atom is 0.191 e. The highest BCUT2D eigenvalue weighted by atomic mass is 127. The number of hydrogen-bond donors (Lipinski definition) is 2. The van der Waals surface area contributed by atoms with Crippen LogP contribution in [0.5, 0.6) is 0 Å². The van der Waals surface area contributed by atoms with Gasteiger partial charge in [0.25, 0.3) is 0 Å². The first-order valence-electron chi connectivity index (χ1n) is 6.50. The van der Waals surface area contributed by atoms with Crippen molar-refractivity contribution in [3.05, 3.63) is 12.7 Å². The average molecular weight is 366 g/mol. The summed E-state index contributed by atoms with van der Waals surface area (Å²) >= 11 is 0. The predicted octanol–water partition coefficient (Wildman–Crippen LogP) is 1.83. The summed E-state index contributed by atoms with van der Waals surface area (Å²) in [7, 11) is 1.79. The van der Waals surface area contributed by atoms with Gasteiger partial charge in [-0.1, -0.05) is 6.08 Å². The van der Waals surface area contributed by atoms with Crippen molar-refractivity contribution in [1.29, 1.82) is 0 Å². The second-order valence-electron chi connectivity index (χ2n) is 4.73. The molecule has 0 unspecified atom stereocenters. The van der Waals surface area contributed by atoms with E-state index in [9.17, 15) is 0 Å². The highest BCUT2D eigenvalue weighted by molar-refractivity contribution is 14.0. The SMILES string of the molecule is C=CCNC(=NC)NCCN(C(C)C)C1CC1.I. The molecule has 0 saturated heterocycles. The Kier molecular flexibility index (Phi) is 9.45. The predicted molar refractivity (Wildman–Crippen MR) is 89.8 cm³/mol. The van der Waals surface area contributed by atoms with Gasteiger partial charge in [0.2, 0.25) is 0 Å². The van der Waals surface area contributed by atoms with Crippen LogP contribution in [0.4, 0.5) is 0 Å². The molecular weight excluding hydrogens is 339 g/mol. The zero-order valence-electron chi connectivity index (χ0n) is 11.8. The van der Waals surface area contributed by atoms with Crippen LogP contribution in [-0.2, 0) is 0 Å². The van der Waals surface area contributed by atoms with Crippen LogP contribution < -0.4 is 10.6 Å². The Hall–Kier alpha value is -0.300.